The van der Waals surface area contributed by atoms with Crippen LogP contribution in [-0.4, -0.2) is 17.6 Å². The van der Waals surface area contributed by atoms with Crippen molar-refractivity contribution in [3.8, 4) is 5.75 Å². The number of nitrogens with two attached hydrogens (primary N) is 1. The molecule has 116 valence electrons. The molecule has 0 aliphatic carbocycles. The van der Waals surface area contributed by atoms with Gasteiger partial charge in [-0.3, -0.25) is 4.79 Å². The van der Waals surface area contributed by atoms with Crippen LogP contribution in [0, 0.1) is 11.6 Å². The summed E-state index contributed by atoms with van der Waals surface area (Å²) in [6, 6.07) is 7.00. The molecule has 2 rings (SSSR count). The number of aliphatic hydroxyl groups excluding tert-OH is 1. The van der Waals surface area contributed by atoms with Crippen molar-refractivity contribution in [3.63, 3.8) is 0 Å². The molecule has 0 radical (unpaired) electrons. The maximum absolute atomic E-state index is 13.5. The fourth-order valence-corrected chi connectivity index (χ4v) is 2.01. The molecule has 0 saturated carbocycles. The van der Waals surface area contributed by atoms with Crippen LogP contribution in [-0.2, 0) is 0 Å². The Morgan fingerprint density at radius 1 is 1.27 bits per heavy atom. The second-order valence-corrected chi connectivity index (χ2v) is 4.93. The van der Waals surface area contributed by atoms with Gasteiger partial charge >= 0.3 is 0 Å². The number of benzene rings is 2. The third-order valence-electron chi connectivity index (χ3n) is 2.93. The number of carbonyl (C=O) groups is 1. The van der Waals surface area contributed by atoms with Gasteiger partial charge in [-0.1, -0.05) is 17.7 Å². The van der Waals surface area contributed by atoms with Gasteiger partial charge in [0.2, 0.25) is 0 Å². The van der Waals surface area contributed by atoms with Crippen LogP contribution < -0.4 is 10.5 Å². The first-order valence-corrected chi connectivity index (χ1v) is 6.61. The summed E-state index contributed by atoms with van der Waals surface area (Å²) in [6.07, 6.45) is -1.35. The highest BCUT2D eigenvalue weighted by Gasteiger charge is 2.16. The van der Waals surface area contributed by atoms with E-state index in [0.717, 1.165) is 12.1 Å². The molecule has 1 atom stereocenters. The highest BCUT2D eigenvalue weighted by molar-refractivity contribution is 6.30. The maximum atomic E-state index is 13.5. The minimum absolute atomic E-state index is 0.0709. The summed E-state index contributed by atoms with van der Waals surface area (Å²) < 4.78 is 31.7. The van der Waals surface area contributed by atoms with Crippen molar-refractivity contribution in [1.82, 2.24) is 0 Å². The van der Waals surface area contributed by atoms with Gasteiger partial charge in [0, 0.05) is 16.7 Å². The van der Waals surface area contributed by atoms with E-state index in [1.165, 1.54) is 18.2 Å². The van der Waals surface area contributed by atoms with Gasteiger partial charge in [0.25, 0.3) is 5.91 Å². The summed E-state index contributed by atoms with van der Waals surface area (Å²) in [4.78, 5) is 11.3. The second kappa shape index (κ2) is 6.72. The Kier molecular flexibility index (Phi) is 4.95. The Morgan fingerprint density at radius 3 is 2.64 bits per heavy atom. The van der Waals surface area contributed by atoms with Crippen LogP contribution in [0.25, 0.3) is 0 Å². The highest BCUT2D eigenvalue weighted by atomic mass is 35.5. The molecule has 4 nitrogen and oxygen atoms in total. The predicted octanol–water partition coefficient (Wildman–Crippen LogP) is 2.83. The molecule has 1 unspecified atom stereocenters. The van der Waals surface area contributed by atoms with Gasteiger partial charge in [0.15, 0.2) is 0 Å². The van der Waals surface area contributed by atoms with Crippen LogP contribution >= 0.6 is 11.6 Å². The van der Waals surface area contributed by atoms with E-state index in [1.807, 2.05) is 0 Å². The third kappa shape index (κ3) is 3.72. The number of halogens is 3. The molecule has 2 aromatic rings. The van der Waals surface area contributed by atoms with Crippen molar-refractivity contribution in [3.05, 3.63) is 64.2 Å². The number of hydrogen-bond donors (Lipinski definition) is 2. The number of hydrogen-bond acceptors (Lipinski definition) is 3. The van der Waals surface area contributed by atoms with Crippen molar-refractivity contribution < 1.29 is 23.4 Å². The van der Waals surface area contributed by atoms with Crippen LogP contribution in [0.1, 0.15) is 22.0 Å². The zero-order chi connectivity index (χ0) is 16.3. The summed E-state index contributed by atoms with van der Waals surface area (Å²) in [6.45, 7) is -0.358. The largest absolute Gasteiger partial charge is 0.490 e. The zero-order valence-corrected chi connectivity index (χ0v) is 12.0. The van der Waals surface area contributed by atoms with Gasteiger partial charge in [-0.2, -0.15) is 0 Å². The van der Waals surface area contributed by atoms with E-state index in [9.17, 15) is 18.7 Å². The van der Waals surface area contributed by atoms with Crippen molar-refractivity contribution in [2.75, 3.05) is 6.61 Å². The molecule has 7 heteroatoms. The highest BCUT2D eigenvalue weighted by Crippen LogP contribution is 2.25. The Labute approximate surface area is 130 Å². The number of ether oxygens (including phenoxy) is 1. The number of rotatable bonds is 5. The summed E-state index contributed by atoms with van der Waals surface area (Å²) in [5.74, 6) is -2.30. The molecule has 0 aliphatic heterocycles. The van der Waals surface area contributed by atoms with Crippen LogP contribution in [0.15, 0.2) is 36.4 Å². The monoisotopic (exact) mass is 327 g/mol. The molecule has 0 spiro atoms. The Bertz CT molecular complexity index is 709. The molecular weight excluding hydrogens is 316 g/mol. The number of carbonyl (C=O) groups excluding carboxylic acids is 1. The quantitative estimate of drug-likeness (QED) is 0.887. The van der Waals surface area contributed by atoms with Crippen molar-refractivity contribution in [1.29, 1.82) is 0 Å². The molecule has 2 aromatic carbocycles. The fraction of sp³-hybridized carbons (Fsp3) is 0.133. The van der Waals surface area contributed by atoms with Crippen molar-refractivity contribution in [2.24, 2.45) is 5.73 Å². The van der Waals surface area contributed by atoms with Crippen LogP contribution in [0.4, 0.5) is 8.78 Å². The topological polar surface area (TPSA) is 72.6 Å². The second-order valence-electron chi connectivity index (χ2n) is 4.50. The fourth-order valence-electron chi connectivity index (χ4n) is 1.85. The minimum atomic E-state index is -1.35. The van der Waals surface area contributed by atoms with Gasteiger partial charge < -0.3 is 15.6 Å². The molecule has 0 fully saturated rings. The lowest BCUT2D eigenvalue weighted by molar-refractivity contribution is 0.0958. The molecule has 0 bridgehead atoms. The Hall–Kier alpha value is -2.18. The summed E-state index contributed by atoms with van der Waals surface area (Å²) in [7, 11) is 0. The number of amides is 1. The van der Waals surface area contributed by atoms with Gasteiger partial charge in [-0.05, 0) is 24.3 Å². The van der Waals surface area contributed by atoms with E-state index in [1.54, 1.807) is 0 Å². The van der Waals surface area contributed by atoms with Crippen molar-refractivity contribution >= 4 is 17.5 Å². The number of aliphatic hydroxyl groups is 1. The molecular formula is C15H12ClF2NO3. The lowest BCUT2D eigenvalue weighted by Gasteiger charge is -2.15. The van der Waals surface area contributed by atoms with Gasteiger partial charge in [0.1, 0.15) is 30.1 Å². The summed E-state index contributed by atoms with van der Waals surface area (Å²) in [5.41, 5.74) is 5.16. The SMILES string of the molecule is NC(=O)c1ccc(Cl)cc1OCC(O)c1ccc(F)cc1F. The summed E-state index contributed by atoms with van der Waals surface area (Å²) >= 11 is 5.80. The number of primary amides is 1. The minimum Gasteiger partial charge on any atom is -0.490 e. The van der Waals surface area contributed by atoms with Gasteiger partial charge in [0.05, 0.1) is 5.56 Å². The van der Waals surface area contributed by atoms with Crippen LogP contribution in [0.2, 0.25) is 5.02 Å². The van der Waals surface area contributed by atoms with Crippen molar-refractivity contribution in [2.45, 2.75) is 6.10 Å². The molecule has 3 N–H and O–H groups in total. The van der Waals surface area contributed by atoms with Gasteiger partial charge in [-0.25, -0.2) is 8.78 Å². The van der Waals surface area contributed by atoms with E-state index in [2.05, 4.69) is 0 Å². The smallest absolute Gasteiger partial charge is 0.252 e. The third-order valence-corrected chi connectivity index (χ3v) is 3.16. The molecule has 22 heavy (non-hydrogen) atoms. The molecule has 0 saturated heterocycles. The van der Waals surface area contributed by atoms with Crippen LogP contribution in [0.3, 0.4) is 0 Å². The van der Waals surface area contributed by atoms with E-state index >= 15 is 0 Å². The first kappa shape index (κ1) is 16.2. The van der Waals surface area contributed by atoms with E-state index < -0.39 is 23.6 Å². The average molecular weight is 328 g/mol. The van der Waals surface area contributed by atoms with E-state index in [-0.39, 0.29) is 23.5 Å². The zero-order valence-electron chi connectivity index (χ0n) is 11.2. The lowest BCUT2D eigenvalue weighted by atomic mass is 10.1. The average Bonchev–Trinajstić information content (AvgIpc) is 2.44. The molecule has 0 aromatic heterocycles. The first-order valence-electron chi connectivity index (χ1n) is 6.23. The molecule has 0 heterocycles. The van der Waals surface area contributed by atoms with E-state index in [4.69, 9.17) is 22.1 Å². The predicted molar refractivity (Wildman–Crippen MR) is 76.8 cm³/mol. The standard InChI is InChI=1S/C15H12ClF2NO3/c16-8-1-3-11(15(19)21)14(5-8)22-7-13(20)10-4-2-9(17)6-12(10)18/h1-6,13,20H,7H2,(H2,19,21). The Balaban J connectivity index is 2.16. The summed E-state index contributed by atoms with van der Waals surface area (Å²) in [5, 5.41) is 10.2. The Morgan fingerprint density at radius 2 is 2.00 bits per heavy atom. The van der Waals surface area contributed by atoms with Crippen LogP contribution in [0.5, 0.6) is 5.75 Å². The molecule has 1 amide bonds. The normalized spacial score (nSPS) is 12.0. The maximum Gasteiger partial charge on any atom is 0.252 e. The lowest BCUT2D eigenvalue weighted by Crippen LogP contribution is -2.16. The first-order chi connectivity index (χ1) is 10.4. The van der Waals surface area contributed by atoms with E-state index in [0.29, 0.717) is 11.1 Å². The molecule has 0 aliphatic rings. The van der Waals surface area contributed by atoms with Gasteiger partial charge in [-0.15, -0.1) is 0 Å².